The lowest BCUT2D eigenvalue weighted by Gasteiger charge is -2.08. The summed E-state index contributed by atoms with van der Waals surface area (Å²) in [6.07, 6.45) is 0. The third-order valence-electron chi connectivity index (χ3n) is 2.68. The molecule has 0 unspecified atom stereocenters. The van der Waals surface area contributed by atoms with Crippen molar-refractivity contribution in [3.63, 3.8) is 0 Å². The number of aromatic hydroxyl groups is 1. The lowest BCUT2D eigenvalue weighted by Crippen LogP contribution is -1.86. The highest BCUT2D eigenvalue weighted by atomic mass is 35.5. The summed E-state index contributed by atoms with van der Waals surface area (Å²) in [4.78, 5) is 0. The number of hydrogen-bond donors (Lipinski definition) is 1. The van der Waals surface area contributed by atoms with Crippen LogP contribution in [0.25, 0.3) is 11.1 Å². The van der Waals surface area contributed by atoms with Gasteiger partial charge >= 0.3 is 0 Å². The van der Waals surface area contributed by atoms with E-state index in [1.807, 2.05) is 31.2 Å². The molecule has 1 N–H and O–H groups in total. The van der Waals surface area contributed by atoms with E-state index < -0.39 is 0 Å². The van der Waals surface area contributed by atoms with E-state index in [9.17, 15) is 5.11 Å². The molecular formula is C14H13ClO2. The van der Waals surface area contributed by atoms with Gasteiger partial charge in [-0.1, -0.05) is 23.7 Å². The minimum atomic E-state index is 0.301. The van der Waals surface area contributed by atoms with Gasteiger partial charge in [-0.15, -0.1) is 0 Å². The Balaban J connectivity index is 2.49. The minimum absolute atomic E-state index is 0.301. The molecule has 2 aromatic carbocycles. The van der Waals surface area contributed by atoms with Crippen molar-refractivity contribution in [3.05, 3.63) is 47.0 Å². The van der Waals surface area contributed by atoms with Crippen LogP contribution in [-0.4, -0.2) is 12.2 Å². The first-order chi connectivity index (χ1) is 8.11. The fourth-order valence-corrected chi connectivity index (χ4v) is 1.87. The molecule has 0 spiro atoms. The molecule has 0 aliphatic carbocycles. The quantitative estimate of drug-likeness (QED) is 0.870. The topological polar surface area (TPSA) is 29.5 Å². The van der Waals surface area contributed by atoms with Crippen LogP contribution in [0, 0.1) is 6.92 Å². The van der Waals surface area contributed by atoms with E-state index in [1.165, 1.54) is 0 Å². The molecule has 17 heavy (non-hydrogen) atoms. The number of aryl methyl sites for hydroxylation is 1. The van der Waals surface area contributed by atoms with Crippen molar-refractivity contribution in [2.24, 2.45) is 0 Å². The molecule has 0 aliphatic rings. The lowest BCUT2D eigenvalue weighted by molar-refractivity contribution is 0.415. The van der Waals surface area contributed by atoms with Crippen LogP contribution in [0.4, 0.5) is 0 Å². The van der Waals surface area contributed by atoms with Gasteiger partial charge in [0.1, 0.15) is 11.5 Å². The molecule has 0 aliphatic heterocycles. The molecule has 2 rings (SSSR count). The Bertz CT molecular complexity index is 550. The van der Waals surface area contributed by atoms with E-state index in [0.29, 0.717) is 16.5 Å². The number of halogens is 1. The second-order valence-electron chi connectivity index (χ2n) is 3.85. The van der Waals surface area contributed by atoms with Crippen molar-refractivity contribution in [1.29, 1.82) is 0 Å². The van der Waals surface area contributed by atoms with Crippen molar-refractivity contribution in [3.8, 4) is 22.6 Å². The Morgan fingerprint density at radius 1 is 1.06 bits per heavy atom. The van der Waals surface area contributed by atoms with Crippen molar-refractivity contribution >= 4 is 11.6 Å². The van der Waals surface area contributed by atoms with Crippen LogP contribution < -0.4 is 4.74 Å². The first-order valence-electron chi connectivity index (χ1n) is 5.25. The first kappa shape index (κ1) is 11.8. The zero-order chi connectivity index (χ0) is 12.4. The molecular weight excluding hydrogens is 236 g/mol. The summed E-state index contributed by atoms with van der Waals surface area (Å²) in [6.45, 7) is 1.87. The maximum absolute atomic E-state index is 9.49. The molecule has 2 nitrogen and oxygen atoms in total. The fraction of sp³-hybridized carbons (Fsp3) is 0.143. The molecule has 2 aromatic rings. The summed E-state index contributed by atoms with van der Waals surface area (Å²) < 4.78 is 5.18. The number of benzene rings is 2. The normalized spacial score (nSPS) is 10.3. The van der Waals surface area contributed by atoms with E-state index in [1.54, 1.807) is 19.2 Å². The fourth-order valence-electron chi connectivity index (χ4n) is 1.67. The number of phenolic OH excluding ortho intramolecular Hbond substituents is 1. The molecule has 0 atom stereocenters. The zero-order valence-corrected chi connectivity index (χ0v) is 10.5. The van der Waals surface area contributed by atoms with E-state index >= 15 is 0 Å². The molecule has 3 heteroatoms. The van der Waals surface area contributed by atoms with Crippen LogP contribution in [0.15, 0.2) is 36.4 Å². The van der Waals surface area contributed by atoms with Crippen LogP contribution in [0.3, 0.4) is 0 Å². The van der Waals surface area contributed by atoms with Gasteiger partial charge < -0.3 is 9.84 Å². The van der Waals surface area contributed by atoms with Gasteiger partial charge in [0.15, 0.2) is 0 Å². The smallest absolute Gasteiger partial charge is 0.138 e. The van der Waals surface area contributed by atoms with Crippen molar-refractivity contribution < 1.29 is 9.84 Å². The molecule has 0 amide bonds. The number of methoxy groups -OCH3 is 1. The van der Waals surface area contributed by atoms with Crippen LogP contribution in [-0.2, 0) is 0 Å². The van der Waals surface area contributed by atoms with Gasteiger partial charge in [0.25, 0.3) is 0 Å². The van der Waals surface area contributed by atoms with Crippen molar-refractivity contribution in [2.75, 3.05) is 7.11 Å². The van der Waals surface area contributed by atoms with Gasteiger partial charge in [0.2, 0.25) is 0 Å². The second kappa shape index (κ2) is 4.68. The van der Waals surface area contributed by atoms with Crippen LogP contribution >= 0.6 is 11.6 Å². The summed E-state index contributed by atoms with van der Waals surface area (Å²) in [5, 5.41) is 10.1. The number of ether oxygens (including phenoxy) is 1. The highest BCUT2D eigenvalue weighted by Gasteiger charge is 2.05. The van der Waals surface area contributed by atoms with Crippen molar-refractivity contribution in [1.82, 2.24) is 0 Å². The summed E-state index contributed by atoms with van der Waals surface area (Å²) >= 11 is 5.98. The van der Waals surface area contributed by atoms with Gasteiger partial charge in [0.05, 0.1) is 12.1 Å². The molecule has 0 heterocycles. The molecule has 88 valence electrons. The molecule has 0 fully saturated rings. The third-order valence-corrected chi connectivity index (χ3v) is 2.99. The molecule has 0 bridgehead atoms. The lowest BCUT2D eigenvalue weighted by atomic mass is 10.0. The Hall–Kier alpha value is -1.67. The number of rotatable bonds is 2. The zero-order valence-electron chi connectivity index (χ0n) is 9.70. The summed E-state index contributed by atoms with van der Waals surface area (Å²) in [7, 11) is 1.59. The summed E-state index contributed by atoms with van der Waals surface area (Å²) in [6, 6.07) is 11.1. The monoisotopic (exact) mass is 248 g/mol. The van der Waals surface area contributed by atoms with E-state index in [4.69, 9.17) is 16.3 Å². The Labute approximate surface area is 105 Å². The Kier molecular flexibility index (Phi) is 3.25. The van der Waals surface area contributed by atoms with E-state index in [2.05, 4.69) is 0 Å². The summed E-state index contributed by atoms with van der Waals surface area (Å²) in [5.74, 6) is 0.949. The average molecular weight is 249 g/mol. The molecule has 0 saturated carbocycles. The summed E-state index contributed by atoms with van der Waals surface area (Å²) in [5.41, 5.74) is 2.88. The Morgan fingerprint density at radius 2 is 1.71 bits per heavy atom. The molecule has 0 saturated heterocycles. The van der Waals surface area contributed by atoms with E-state index in [-0.39, 0.29) is 0 Å². The van der Waals surface area contributed by atoms with Gasteiger partial charge in [-0.25, -0.2) is 0 Å². The largest absolute Gasteiger partial charge is 0.508 e. The molecule has 0 aromatic heterocycles. The maximum atomic E-state index is 9.49. The maximum Gasteiger partial charge on any atom is 0.138 e. The highest BCUT2D eigenvalue weighted by Crippen LogP contribution is 2.31. The van der Waals surface area contributed by atoms with Crippen molar-refractivity contribution in [2.45, 2.75) is 6.92 Å². The van der Waals surface area contributed by atoms with Crippen LogP contribution in [0.2, 0.25) is 5.02 Å². The van der Waals surface area contributed by atoms with E-state index in [0.717, 1.165) is 16.7 Å². The number of phenols is 1. The average Bonchev–Trinajstić information content (AvgIpc) is 2.33. The standard InChI is InChI=1S/C14H13ClO2/c1-9-7-10(4-6-13(9)16)11-3-5-12(15)14(8-11)17-2/h3-8,16H,1-2H3. The number of hydrogen-bond acceptors (Lipinski definition) is 2. The van der Waals surface area contributed by atoms with Gasteiger partial charge in [-0.05, 0) is 47.9 Å². The van der Waals surface area contributed by atoms with Gasteiger partial charge in [-0.3, -0.25) is 0 Å². The van der Waals surface area contributed by atoms with Gasteiger partial charge in [-0.2, -0.15) is 0 Å². The third kappa shape index (κ3) is 2.37. The highest BCUT2D eigenvalue weighted by molar-refractivity contribution is 6.32. The minimum Gasteiger partial charge on any atom is -0.508 e. The molecule has 0 radical (unpaired) electrons. The predicted octanol–water partition coefficient (Wildman–Crippen LogP) is 4.03. The second-order valence-corrected chi connectivity index (χ2v) is 4.26. The van der Waals surface area contributed by atoms with Crippen LogP contribution in [0.1, 0.15) is 5.56 Å². The Morgan fingerprint density at radius 3 is 2.35 bits per heavy atom. The van der Waals surface area contributed by atoms with Crippen LogP contribution in [0.5, 0.6) is 11.5 Å². The van der Waals surface area contributed by atoms with Gasteiger partial charge in [0, 0.05) is 0 Å². The SMILES string of the molecule is COc1cc(-c2ccc(O)c(C)c2)ccc1Cl. The predicted molar refractivity (Wildman–Crippen MR) is 69.8 cm³/mol. The first-order valence-corrected chi connectivity index (χ1v) is 5.63.